The molecule has 2 amide bonds. The molecule has 124 valence electrons. The van der Waals surface area contributed by atoms with Gasteiger partial charge in [0, 0.05) is 24.8 Å². The molecule has 0 spiro atoms. The van der Waals surface area contributed by atoms with Gasteiger partial charge in [0.05, 0.1) is 11.8 Å². The van der Waals surface area contributed by atoms with Crippen LogP contribution in [0.4, 0.5) is 5.69 Å². The molecule has 1 aromatic carbocycles. The van der Waals surface area contributed by atoms with E-state index in [1.54, 1.807) is 0 Å². The predicted molar refractivity (Wildman–Crippen MR) is 90.3 cm³/mol. The van der Waals surface area contributed by atoms with Crippen molar-refractivity contribution in [1.29, 1.82) is 0 Å². The summed E-state index contributed by atoms with van der Waals surface area (Å²) in [4.78, 5) is 28.9. The predicted octanol–water partition coefficient (Wildman–Crippen LogP) is 1.28. The van der Waals surface area contributed by atoms with E-state index in [2.05, 4.69) is 18.3 Å². The van der Waals surface area contributed by atoms with Gasteiger partial charge < -0.3 is 15.1 Å². The Balaban J connectivity index is 1.59. The van der Waals surface area contributed by atoms with Gasteiger partial charge >= 0.3 is 0 Å². The zero-order valence-corrected chi connectivity index (χ0v) is 14.1. The zero-order valence-electron chi connectivity index (χ0n) is 14.1. The number of likely N-dealkylation sites (N-methyl/N-ethyl adjacent to an activating group) is 1. The molecule has 1 saturated carbocycles. The quantitative estimate of drug-likeness (QED) is 0.890. The van der Waals surface area contributed by atoms with Gasteiger partial charge in [-0.05, 0) is 45.5 Å². The number of nitrogens with one attached hydrogen (secondary N) is 1. The maximum atomic E-state index is 12.8. The van der Waals surface area contributed by atoms with E-state index >= 15 is 0 Å². The van der Waals surface area contributed by atoms with Gasteiger partial charge in [-0.15, -0.1) is 0 Å². The summed E-state index contributed by atoms with van der Waals surface area (Å²) in [5, 5.41) is 2.93. The van der Waals surface area contributed by atoms with Crippen molar-refractivity contribution >= 4 is 17.5 Å². The van der Waals surface area contributed by atoms with E-state index in [0.29, 0.717) is 13.0 Å². The van der Waals surface area contributed by atoms with Crippen LogP contribution in [0.25, 0.3) is 0 Å². The molecule has 3 unspecified atom stereocenters. The average Bonchev–Trinajstić information content (AvgIpc) is 3.23. The Morgan fingerprint density at radius 2 is 2.00 bits per heavy atom. The summed E-state index contributed by atoms with van der Waals surface area (Å²) in [5.74, 6) is -0.173. The summed E-state index contributed by atoms with van der Waals surface area (Å²) in [6.45, 7) is 3.52. The standard InChI is InChI=1S/C18H25N3O2/c1-12-10-13-6-4-5-7-16(13)21(12)18(23)15-11-14(15)17(22)19-8-9-20(2)3/h4-7,12,14-15H,8-11H2,1-3H3,(H,19,22). The summed E-state index contributed by atoms with van der Waals surface area (Å²) < 4.78 is 0. The molecule has 0 radical (unpaired) electrons. The average molecular weight is 315 g/mol. The fraction of sp³-hybridized carbons (Fsp3) is 0.556. The Morgan fingerprint density at radius 3 is 2.74 bits per heavy atom. The molecule has 5 nitrogen and oxygen atoms in total. The maximum Gasteiger partial charge on any atom is 0.231 e. The third kappa shape index (κ3) is 3.24. The number of fused-ring (bicyclic) bond motifs is 1. The summed E-state index contributed by atoms with van der Waals surface area (Å²) in [6, 6.07) is 8.24. The molecule has 3 rings (SSSR count). The fourth-order valence-electron chi connectivity index (χ4n) is 3.37. The molecule has 5 heteroatoms. The minimum atomic E-state index is -0.150. The van der Waals surface area contributed by atoms with Gasteiger partial charge in [-0.2, -0.15) is 0 Å². The van der Waals surface area contributed by atoms with Crippen molar-refractivity contribution in [3.63, 3.8) is 0 Å². The Morgan fingerprint density at radius 1 is 1.26 bits per heavy atom. The van der Waals surface area contributed by atoms with Crippen LogP contribution in [0.1, 0.15) is 18.9 Å². The molecule has 2 aliphatic rings. The van der Waals surface area contributed by atoms with Crippen molar-refractivity contribution in [2.45, 2.75) is 25.8 Å². The van der Waals surface area contributed by atoms with Gasteiger partial charge in [0.1, 0.15) is 0 Å². The minimum Gasteiger partial charge on any atom is -0.355 e. The molecule has 0 bridgehead atoms. The Bertz CT molecular complexity index is 614. The number of hydrogen-bond donors (Lipinski definition) is 1. The fourth-order valence-corrected chi connectivity index (χ4v) is 3.37. The van der Waals surface area contributed by atoms with Gasteiger partial charge in [-0.3, -0.25) is 9.59 Å². The second-order valence-corrected chi connectivity index (χ2v) is 6.93. The van der Waals surface area contributed by atoms with Crippen molar-refractivity contribution in [3.05, 3.63) is 29.8 Å². The van der Waals surface area contributed by atoms with Crippen LogP contribution in [-0.4, -0.2) is 49.9 Å². The molecular weight excluding hydrogens is 290 g/mol. The van der Waals surface area contributed by atoms with Gasteiger partial charge in [-0.1, -0.05) is 18.2 Å². The van der Waals surface area contributed by atoms with Crippen molar-refractivity contribution < 1.29 is 9.59 Å². The summed E-state index contributed by atoms with van der Waals surface area (Å²) >= 11 is 0. The number of benzene rings is 1. The number of nitrogens with zero attached hydrogens (tertiary/aromatic N) is 2. The van der Waals surface area contributed by atoms with E-state index in [4.69, 9.17) is 0 Å². The SMILES string of the molecule is CC1Cc2ccccc2N1C(=O)C1CC1C(=O)NCCN(C)C. The van der Waals surface area contributed by atoms with Gasteiger partial charge in [0.25, 0.3) is 0 Å². The topological polar surface area (TPSA) is 52.7 Å². The second kappa shape index (κ2) is 6.32. The van der Waals surface area contributed by atoms with Crippen molar-refractivity contribution in [3.8, 4) is 0 Å². The zero-order chi connectivity index (χ0) is 16.6. The minimum absolute atomic E-state index is 0.0188. The highest BCUT2D eigenvalue weighted by Crippen LogP contribution is 2.43. The molecular formula is C18H25N3O2. The largest absolute Gasteiger partial charge is 0.355 e. The van der Waals surface area contributed by atoms with Crippen LogP contribution in [0.15, 0.2) is 24.3 Å². The molecule has 0 saturated heterocycles. The molecule has 1 aliphatic heterocycles. The van der Waals surface area contributed by atoms with Crippen molar-refractivity contribution in [2.75, 3.05) is 32.1 Å². The van der Waals surface area contributed by atoms with Crippen molar-refractivity contribution in [1.82, 2.24) is 10.2 Å². The van der Waals surface area contributed by atoms with Crippen LogP contribution >= 0.6 is 0 Å². The van der Waals surface area contributed by atoms with E-state index in [0.717, 1.165) is 18.7 Å². The summed E-state index contributed by atoms with van der Waals surface area (Å²) in [6.07, 6.45) is 1.58. The summed E-state index contributed by atoms with van der Waals surface area (Å²) in [7, 11) is 3.95. The van der Waals surface area contributed by atoms with Crippen LogP contribution in [-0.2, 0) is 16.0 Å². The van der Waals surface area contributed by atoms with Crippen LogP contribution in [0.3, 0.4) is 0 Å². The third-order valence-corrected chi connectivity index (χ3v) is 4.75. The lowest BCUT2D eigenvalue weighted by Crippen LogP contribution is -2.38. The lowest BCUT2D eigenvalue weighted by atomic mass is 10.1. The molecule has 0 aromatic heterocycles. The highest BCUT2D eigenvalue weighted by atomic mass is 16.2. The molecule has 1 N–H and O–H groups in total. The van der Waals surface area contributed by atoms with Crippen LogP contribution in [0.5, 0.6) is 0 Å². The van der Waals surface area contributed by atoms with Crippen LogP contribution in [0, 0.1) is 11.8 Å². The molecule has 1 aliphatic carbocycles. The first-order chi connectivity index (χ1) is 11.0. The molecule has 23 heavy (non-hydrogen) atoms. The lowest BCUT2D eigenvalue weighted by Gasteiger charge is -2.23. The Labute approximate surface area is 137 Å². The highest BCUT2D eigenvalue weighted by Gasteiger charge is 2.51. The van der Waals surface area contributed by atoms with Crippen LogP contribution < -0.4 is 10.2 Å². The number of para-hydroxylation sites is 1. The normalized spacial score (nSPS) is 25.4. The number of amides is 2. The highest BCUT2D eigenvalue weighted by molar-refractivity contribution is 6.02. The first-order valence-corrected chi connectivity index (χ1v) is 8.32. The van der Waals surface area contributed by atoms with E-state index < -0.39 is 0 Å². The molecule has 1 fully saturated rings. The lowest BCUT2D eigenvalue weighted by molar-refractivity contribution is -0.126. The molecule has 1 aromatic rings. The molecule has 3 atom stereocenters. The van der Waals surface area contributed by atoms with Crippen molar-refractivity contribution in [2.24, 2.45) is 11.8 Å². The maximum absolute atomic E-state index is 12.8. The number of anilines is 1. The smallest absolute Gasteiger partial charge is 0.231 e. The second-order valence-electron chi connectivity index (χ2n) is 6.93. The Hall–Kier alpha value is -1.88. The number of rotatable bonds is 5. The van der Waals surface area contributed by atoms with Gasteiger partial charge in [-0.25, -0.2) is 0 Å². The first-order valence-electron chi connectivity index (χ1n) is 8.32. The molecule has 1 heterocycles. The van der Waals surface area contributed by atoms with Gasteiger partial charge in [0.15, 0.2) is 0 Å². The number of hydrogen-bond acceptors (Lipinski definition) is 3. The van der Waals surface area contributed by atoms with E-state index in [1.165, 1.54) is 5.56 Å². The Kier molecular flexibility index (Phi) is 4.39. The van der Waals surface area contributed by atoms with E-state index in [-0.39, 0.29) is 29.7 Å². The van der Waals surface area contributed by atoms with Crippen LogP contribution in [0.2, 0.25) is 0 Å². The first kappa shape index (κ1) is 16.0. The monoisotopic (exact) mass is 315 g/mol. The number of carbonyl (C=O) groups is 2. The number of carbonyl (C=O) groups excluding carboxylic acids is 2. The third-order valence-electron chi connectivity index (χ3n) is 4.75. The van der Waals surface area contributed by atoms with E-state index in [9.17, 15) is 9.59 Å². The summed E-state index contributed by atoms with van der Waals surface area (Å²) in [5.41, 5.74) is 2.24. The van der Waals surface area contributed by atoms with E-state index in [1.807, 2.05) is 42.1 Å². The van der Waals surface area contributed by atoms with Gasteiger partial charge in [0.2, 0.25) is 11.8 Å².